The van der Waals surface area contributed by atoms with E-state index in [1.165, 1.54) is 5.56 Å². The van der Waals surface area contributed by atoms with Crippen molar-refractivity contribution in [3.8, 4) is 5.75 Å². The number of rotatable bonds is 5. The summed E-state index contributed by atoms with van der Waals surface area (Å²) in [7, 11) is 0. The Hall–Kier alpha value is -1.11. The first-order valence-electron chi connectivity index (χ1n) is 9.76. The lowest BCUT2D eigenvalue weighted by Crippen LogP contribution is -2.37. The van der Waals surface area contributed by atoms with Crippen molar-refractivity contribution >= 4 is 17.1 Å². The standard InChI is InChI=1S/C21H30FNO3S/c1-20(2,3)27(25)23-19-18-13-17(26-12-4-11-22)6-5-15(18)14-21(19)9-7-16(24)8-10-21/h5-6,13,16,24H,4,7-12,14H2,1-3H3/b23-19-. The van der Waals surface area contributed by atoms with Gasteiger partial charge in [-0.25, -0.2) is 0 Å². The third kappa shape index (κ3) is 4.49. The molecule has 3 rings (SSSR count). The minimum Gasteiger partial charge on any atom is -0.591 e. The Labute approximate surface area is 164 Å². The Morgan fingerprint density at radius 1 is 1.33 bits per heavy atom. The van der Waals surface area contributed by atoms with Crippen molar-refractivity contribution in [1.82, 2.24) is 0 Å². The van der Waals surface area contributed by atoms with Crippen LogP contribution >= 0.6 is 0 Å². The zero-order chi connectivity index (χ0) is 19.7. The van der Waals surface area contributed by atoms with Gasteiger partial charge >= 0.3 is 0 Å². The molecule has 1 atom stereocenters. The normalized spacial score (nSPS) is 27.8. The van der Waals surface area contributed by atoms with E-state index in [-0.39, 0.29) is 11.5 Å². The Balaban J connectivity index is 1.96. The molecule has 0 heterocycles. The van der Waals surface area contributed by atoms with Crippen molar-refractivity contribution in [2.45, 2.75) is 70.1 Å². The van der Waals surface area contributed by atoms with Gasteiger partial charge in [-0.2, -0.15) is 0 Å². The largest absolute Gasteiger partial charge is 0.591 e. The predicted octanol–water partition coefficient (Wildman–Crippen LogP) is 4.15. The molecule has 150 valence electrons. The molecule has 1 unspecified atom stereocenters. The monoisotopic (exact) mass is 395 g/mol. The van der Waals surface area contributed by atoms with E-state index in [1.54, 1.807) is 0 Å². The van der Waals surface area contributed by atoms with Gasteiger partial charge in [-0.05, 0) is 70.6 Å². The molecule has 4 nitrogen and oxygen atoms in total. The van der Waals surface area contributed by atoms with Gasteiger partial charge in [0.1, 0.15) is 27.6 Å². The van der Waals surface area contributed by atoms with E-state index < -0.39 is 22.8 Å². The van der Waals surface area contributed by atoms with Gasteiger partial charge in [0.15, 0.2) is 0 Å². The second-order valence-corrected chi connectivity index (χ2v) is 10.6. The maximum Gasteiger partial charge on any atom is 0.144 e. The molecule has 0 saturated heterocycles. The van der Waals surface area contributed by atoms with E-state index in [0.29, 0.717) is 18.8 Å². The van der Waals surface area contributed by atoms with Crippen molar-refractivity contribution in [3.05, 3.63) is 29.3 Å². The fourth-order valence-corrected chi connectivity index (χ4v) is 4.66. The quantitative estimate of drug-likeness (QED) is 0.602. The smallest absolute Gasteiger partial charge is 0.144 e. The SMILES string of the molecule is CC(C)(C)[S+]([O-])/N=C1/c2cc(OCCCF)ccc2CC12CCC(O)CC2. The van der Waals surface area contributed by atoms with Gasteiger partial charge in [0.2, 0.25) is 0 Å². The van der Waals surface area contributed by atoms with Crippen LogP contribution in [0.2, 0.25) is 0 Å². The maximum absolute atomic E-state index is 12.8. The van der Waals surface area contributed by atoms with Gasteiger partial charge in [0.05, 0.1) is 19.4 Å². The fraction of sp³-hybridized carbons (Fsp3) is 0.667. The highest BCUT2D eigenvalue weighted by Crippen LogP contribution is 2.49. The molecule has 1 aromatic carbocycles. The van der Waals surface area contributed by atoms with E-state index in [1.807, 2.05) is 32.9 Å². The highest BCUT2D eigenvalue weighted by molar-refractivity contribution is 7.91. The van der Waals surface area contributed by atoms with E-state index in [9.17, 15) is 14.0 Å². The average Bonchev–Trinajstić information content (AvgIpc) is 2.90. The van der Waals surface area contributed by atoms with Crippen molar-refractivity contribution in [2.24, 2.45) is 9.81 Å². The van der Waals surface area contributed by atoms with Gasteiger partial charge in [0, 0.05) is 17.4 Å². The van der Waals surface area contributed by atoms with Crippen molar-refractivity contribution in [3.63, 3.8) is 0 Å². The molecule has 2 aliphatic rings. The highest BCUT2D eigenvalue weighted by Gasteiger charge is 2.47. The topological polar surface area (TPSA) is 64.9 Å². The Morgan fingerprint density at radius 2 is 2.04 bits per heavy atom. The van der Waals surface area contributed by atoms with Crippen LogP contribution in [0.1, 0.15) is 64.0 Å². The maximum atomic E-state index is 12.8. The number of benzene rings is 1. The zero-order valence-electron chi connectivity index (χ0n) is 16.5. The lowest BCUT2D eigenvalue weighted by molar-refractivity contribution is 0.0934. The van der Waals surface area contributed by atoms with Crippen LogP contribution in [0, 0.1) is 5.41 Å². The highest BCUT2D eigenvalue weighted by atomic mass is 32.2. The molecule has 27 heavy (non-hydrogen) atoms. The summed E-state index contributed by atoms with van der Waals surface area (Å²) in [5.41, 5.74) is 2.93. The number of aliphatic hydroxyl groups is 1. The molecule has 0 aromatic heterocycles. The van der Waals surface area contributed by atoms with Crippen LogP contribution in [0.5, 0.6) is 5.75 Å². The predicted molar refractivity (Wildman–Crippen MR) is 108 cm³/mol. The summed E-state index contributed by atoms with van der Waals surface area (Å²) in [6, 6.07) is 5.94. The Kier molecular flexibility index (Phi) is 6.18. The summed E-state index contributed by atoms with van der Waals surface area (Å²) in [4.78, 5) is 0. The van der Waals surface area contributed by atoms with Gasteiger partial charge in [-0.15, -0.1) is 0 Å². The molecule has 1 spiro atoms. The molecule has 0 aliphatic heterocycles. The van der Waals surface area contributed by atoms with Crippen LogP contribution in [0.15, 0.2) is 22.6 Å². The lowest BCUT2D eigenvalue weighted by atomic mass is 9.70. The lowest BCUT2D eigenvalue weighted by Gasteiger charge is -2.36. The molecule has 0 amide bonds. The van der Waals surface area contributed by atoms with Crippen LogP contribution in [0.3, 0.4) is 0 Å². The number of nitrogens with zero attached hydrogens (tertiary/aromatic N) is 1. The second-order valence-electron chi connectivity index (χ2n) is 8.70. The first-order valence-corrected chi connectivity index (χ1v) is 10.9. The van der Waals surface area contributed by atoms with Gasteiger partial charge in [-0.3, -0.25) is 4.39 Å². The number of halogens is 1. The number of alkyl halides is 1. The Bertz CT molecular complexity index is 693. The molecular weight excluding hydrogens is 365 g/mol. The van der Waals surface area contributed by atoms with E-state index >= 15 is 0 Å². The van der Waals surface area contributed by atoms with Gasteiger partial charge < -0.3 is 14.4 Å². The molecule has 1 saturated carbocycles. The molecule has 1 N–H and O–H groups in total. The minimum atomic E-state index is -1.35. The van der Waals surface area contributed by atoms with E-state index in [4.69, 9.17) is 9.13 Å². The Morgan fingerprint density at radius 3 is 2.67 bits per heavy atom. The van der Waals surface area contributed by atoms with Gasteiger partial charge in [-0.1, -0.05) is 10.5 Å². The molecular formula is C21H30FNO3S. The van der Waals surface area contributed by atoms with Crippen LogP contribution in [-0.2, 0) is 17.8 Å². The summed E-state index contributed by atoms with van der Waals surface area (Å²) in [5, 5.41) is 9.98. The van der Waals surface area contributed by atoms with E-state index in [2.05, 4.69) is 6.07 Å². The fourth-order valence-electron chi connectivity index (χ4n) is 3.93. The summed E-state index contributed by atoms with van der Waals surface area (Å²) in [6.07, 6.45) is 4.16. The summed E-state index contributed by atoms with van der Waals surface area (Å²) in [6.45, 7) is 5.73. The number of hydrogen-bond acceptors (Lipinski definition) is 4. The third-order valence-corrected chi connectivity index (χ3v) is 6.92. The molecule has 0 bridgehead atoms. The summed E-state index contributed by atoms with van der Waals surface area (Å²) >= 11 is -1.35. The van der Waals surface area contributed by atoms with E-state index in [0.717, 1.165) is 43.4 Å². The van der Waals surface area contributed by atoms with Crippen LogP contribution in [0.25, 0.3) is 0 Å². The van der Waals surface area contributed by atoms with Crippen LogP contribution < -0.4 is 4.74 Å². The van der Waals surface area contributed by atoms with Crippen LogP contribution in [-0.4, -0.2) is 39.5 Å². The summed E-state index contributed by atoms with van der Waals surface area (Å²) < 4.78 is 35.1. The molecule has 1 aromatic rings. The zero-order valence-corrected chi connectivity index (χ0v) is 17.3. The number of ether oxygens (including phenoxy) is 1. The van der Waals surface area contributed by atoms with Crippen molar-refractivity contribution < 1.29 is 18.8 Å². The summed E-state index contributed by atoms with van der Waals surface area (Å²) in [5.74, 6) is 0.698. The van der Waals surface area contributed by atoms with Crippen LogP contribution in [0.4, 0.5) is 4.39 Å². The third-order valence-electron chi connectivity index (χ3n) is 5.52. The van der Waals surface area contributed by atoms with Crippen molar-refractivity contribution in [2.75, 3.05) is 13.3 Å². The van der Waals surface area contributed by atoms with Crippen molar-refractivity contribution in [1.29, 1.82) is 0 Å². The number of fused-ring (bicyclic) bond motifs is 1. The first kappa shape index (κ1) is 20.6. The molecule has 1 fully saturated rings. The molecule has 0 radical (unpaired) electrons. The average molecular weight is 396 g/mol. The van der Waals surface area contributed by atoms with Gasteiger partial charge in [0.25, 0.3) is 0 Å². The molecule has 2 aliphatic carbocycles. The second kappa shape index (κ2) is 8.10. The minimum absolute atomic E-state index is 0.153. The number of hydrogen-bond donors (Lipinski definition) is 1. The number of aliphatic hydroxyl groups excluding tert-OH is 1. The first-order chi connectivity index (χ1) is 12.7. The molecule has 6 heteroatoms.